The Morgan fingerprint density at radius 1 is 1.00 bits per heavy atom. The molecular formula is C14H26O2. The van der Waals surface area contributed by atoms with Crippen molar-refractivity contribution < 1.29 is 9.90 Å². The summed E-state index contributed by atoms with van der Waals surface area (Å²) in [6, 6.07) is 0. The van der Waals surface area contributed by atoms with E-state index in [1.165, 1.54) is 51.0 Å². The summed E-state index contributed by atoms with van der Waals surface area (Å²) < 4.78 is 0. The van der Waals surface area contributed by atoms with Gasteiger partial charge in [-0.2, -0.15) is 0 Å². The van der Waals surface area contributed by atoms with E-state index in [0.29, 0.717) is 0 Å². The van der Waals surface area contributed by atoms with Gasteiger partial charge in [0.1, 0.15) is 0 Å². The Labute approximate surface area is 99.7 Å². The molecule has 0 unspecified atom stereocenters. The molecule has 0 aromatic heterocycles. The van der Waals surface area contributed by atoms with Crippen LogP contribution in [0.5, 0.6) is 0 Å². The zero-order valence-electron chi connectivity index (χ0n) is 10.8. The van der Waals surface area contributed by atoms with E-state index in [4.69, 9.17) is 5.11 Å². The predicted molar refractivity (Wildman–Crippen MR) is 68.6 cm³/mol. The molecule has 0 heterocycles. The Morgan fingerprint density at radius 2 is 1.50 bits per heavy atom. The molecule has 0 amide bonds. The molecule has 2 nitrogen and oxygen atoms in total. The standard InChI is InChI=1S/C14H26O2/c1-3-4-5-6-7-8-9-10-11-13(2)12-14(15)16/h12H,3-11H2,1-2H3,(H,15,16)/b13-12+. The SMILES string of the molecule is CCCCCCCCCC/C(C)=C/C(=O)O. The molecule has 0 saturated carbocycles. The average Bonchev–Trinajstić information content (AvgIpc) is 2.21. The van der Waals surface area contributed by atoms with Crippen LogP contribution in [0.4, 0.5) is 0 Å². The topological polar surface area (TPSA) is 37.3 Å². The van der Waals surface area contributed by atoms with Gasteiger partial charge in [0.05, 0.1) is 0 Å². The number of carbonyl (C=O) groups is 1. The van der Waals surface area contributed by atoms with Gasteiger partial charge < -0.3 is 5.11 Å². The summed E-state index contributed by atoms with van der Waals surface area (Å²) in [5.41, 5.74) is 0.985. The van der Waals surface area contributed by atoms with Crippen LogP contribution >= 0.6 is 0 Å². The van der Waals surface area contributed by atoms with Crippen molar-refractivity contribution in [3.05, 3.63) is 11.6 Å². The van der Waals surface area contributed by atoms with Gasteiger partial charge in [-0.05, 0) is 19.8 Å². The van der Waals surface area contributed by atoms with Crippen LogP contribution in [-0.4, -0.2) is 11.1 Å². The molecule has 0 radical (unpaired) electrons. The molecule has 0 bridgehead atoms. The smallest absolute Gasteiger partial charge is 0.328 e. The number of carboxylic acids is 1. The molecule has 0 aliphatic heterocycles. The lowest BCUT2D eigenvalue weighted by Gasteiger charge is -2.02. The summed E-state index contributed by atoms with van der Waals surface area (Å²) in [6.07, 6.45) is 12.6. The molecule has 0 aliphatic rings. The Hall–Kier alpha value is -0.790. The van der Waals surface area contributed by atoms with Gasteiger partial charge in [-0.1, -0.05) is 57.4 Å². The fourth-order valence-electron chi connectivity index (χ4n) is 1.82. The first-order chi connectivity index (χ1) is 7.66. The summed E-state index contributed by atoms with van der Waals surface area (Å²) >= 11 is 0. The normalized spacial score (nSPS) is 11.8. The van der Waals surface area contributed by atoms with Gasteiger partial charge in [0, 0.05) is 6.08 Å². The Balaban J connectivity index is 3.24. The zero-order chi connectivity index (χ0) is 12.2. The highest BCUT2D eigenvalue weighted by molar-refractivity contribution is 5.80. The van der Waals surface area contributed by atoms with Crippen LogP contribution in [0, 0.1) is 0 Å². The maximum atomic E-state index is 10.4. The third kappa shape index (κ3) is 11.3. The number of carboxylic acid groups (broad SMARTS) is 1. The second kappa shape index (κ2) is 10.7. The summed E-state index contributed by atoms with van der Waals surface area (Å²) in [7, 11) is 0. The molecule has 1 N–H and O–H groups in total. The number of unbranched alkanes of at least 4 members (excludes halogenated alkanes) is 7. The highest BCUT2D eigenvalue weighted by atomic mass is 16.4. The molecule has 0 saturated heterocycles. The molecule has 0 rings (SSSR count). The van der Waals surface area contributed by atoms with Crippen molar-refractivity contribution in [1.82, 2.24) is 0 Å². The van der Waals surface area contributed by atoms with Gasteiger partial charge in [-0.25, -0.2) is 4.79 Å². The van der Waals surface area contributed by atoms with E-state index in [1.54, 1.807) is 0 Å². The van der Waals surface area contributed by atoms with E-state index in [0.717, 1.165) is 18.4 Å². The third-order valence-electron chi connectivity index (χ3n) is 2.79. The molecule has 94 valence electrons. The number of aliphatic carboxylic acids is 1. The zero-order valence-corrected chi connectivity index (χ0v) is 10.8. The first-order valence-electron chi connectivity index (χ1n) is 6.57. The van der Waals surface area contributed by atoms with Crippen molar-refractivity contribution in [2.24, 2.45) is 0 Å². The Bertz CT molecular complexity index is 207. The van der Waals surface area contributed by atoms with Crippen LogP contribution < -0.4 is 0 Å². The molecular weight excluding hydrogens is 200 g/mol. The predicted octanol–water partition coefficient (Wildman–Crippen LogP) is 4.55. The van der Waals surface area contributed by atoms with Crippen molar-refractivity contribution in [1.29, 1.82) is 0 Å². The monoisotopic (exact) mass is 226 g/mol. The summed E-state index contributed by atoms with van der Waals surface area (Å²) in [6.45, 7) is 4.13. The Kier molecular flexibility index (Phi) is 10.2. The Morgan fingerprint density at radius 3 is 2.00 bits per heavy atom. The van der Waals surface area contributed by atoms with E-state index in [9.17, 15) is 4.79 Å². The molecule has 2 heteroatoms. The second-order valence-corrected chi connectivity index (χ2v) is 4.55. The lowest BCUT2D eigenvalue weighted by molar-refractivity contribution is -0.131. The van der Waals surface area contributed by atoms with Gasteiger partial charge in [-0.15, -0.1) is 0 Å². The second-order valence-electron chi connectivity index (χ2n) is 4.55. The lowest BCUT2D eigenvalue weighted by atomic mass is 10.0. The summed E-state index contributed by atoms with van der Waals surface area (Å²) in [5, 5.41) is 8.53. The van der Waals surface area contributed by atoms with Crippen molar-refractivity contribution in [3.63, 3.8) is 0 Å². The fraction of sp³-hybridized carbons (Fsp3) is 0.786. The van der Waals surface area contributed by atoms with Gasteiger partial charge in [0.15, 0.2) is 0 Å². The van der Waals surface area contributed by atoms with E-state index < -0.39 is 5.97 Å². The number of hydrogen-bond donors (Lipinski definition) is 1. The van der Waals surface area contributed by atoms with Crippen LogP contribution in [0.2, 0.25) is 0 Å². The van der Waals surface area contributed by atoms with Crippen LogP contribution in [0.1, 0.15) is 71.6 Å². The number of allylic oxidation sites excluding steroid dienone is 1. The van der Waals surface area contributed by atoms with Crippen LogP contribution in [0.15, 0.2) is 11.6 Å². The quantitative estimate of drug-likeness (QED) is 0.438. The highest BCUT2D eigenvalue weighted by Crippen LogP contribution is 2.12. The average molecular weight is 226 g/mol. The van der Waals surface area contributed by atoms with Crippen molar-refractivity contribution in [2.45, 2.75) is 71.6 Å². The maximum Gasteiger partial charge on any atom is 0.328 e. The van der Waals surface area contributed by atoms with E-state index >= 15 is 0 Å². The van der Waals surface area contributed by atoms with Crippen LogP contribution in [0.3, 0.4) is 0 Å². The van der Waals surface area contributed by atoms with Gasteiger partial charge in [0.2, 0.25) is 0 Å². The molecule has 0 aromatic rings. The first kappa shape index (κ1) is 15.2. The molecule has 16 heavy (non-hydrogen) atoms. The maximum absolute atomic E-state index is 10.4. The minimum Gasteiger partial charge on any atom is -0.478 e. The van der Waals surface area contributed by atoms with Gasteiger partial charge in [-0.3, -0.25) is 0 Å². The van der Waals surface area contributed by atoms with E-state index in [2.05, 4.69) is 6.92 Å². The van der Waals surface area contributed by atoms with Crippen LogP contribution in [-0.2, 0) is 4.79 Å². The van der Waals surface area contributed by atoms with Crippen molar-refractivity contribution in [3.8, 4) is 0 Å². The summed E-state index contributed by atoms with van der Waals surface area (Å²) in [5.74, 6) is -0.822. The lowest BCUT2D eigenvalue weighted by Crippen LogP contribution is -1.90. The highest BCUT2D eigenvalue weighted by Gasteiger charge is 1.95. The largest absolute Gasteiger partial charge is 0.478 e. The number of rotatable bonds is 10. The van der Waals surface area contributed by atoms with Gasteiger partial charge in [0.25, 0.3) is 0 Å². The molecule has 0 aliphatic carbocycles. The van der Waals surface area contributed by atoms with E-state index in [1.807, 2.05) is 6.92 Å². The first-order valence-corrected chi connectivity index (χ1v) is 6.57. The van der Waals surface area contributed by atoms with Crippen molar-refractivity contribution in [2.75, 3.05) is 0 Å². The summed E-state index contributed by atoms with van der Waals surface area (Å²) in [4.78, 5) is 10.4. The van der Waals surface area contributed by atoms with E-state index in [-0.39, 0.29) is 0 Å². The number of hydrogen-bond acceptors (Lipinski definition) is 1. The third-order valence-corrected chi connectivity index (χ3v) is 2.79. The molecule has 0 aromatic carbocycles. The molecule has 0 atom stereocenters. The van der Waals surface area contributed by atoms with Gasteiger partial charge >= 0.3 is 5.97 Å². The van der Waals surface area contributed by atoms with Crippen LogP contribution in [0.25, 0.3) is 0 Å². The minimum atomic E-state index is -0.822. The molecule has 0 spiro atoms. The minimum absolute atomic E-state index is 0.822. The molecule has 0 fully saturated rings. The fourth-order valence-corrected chi connectivity index (χ4v) is 1.82. The van der Waals surface area contributed by atoms with Crippen molar-refractivity contribution >= 4 is 5.97 Å².